The number of halogens is 1. The predicted octanol–water partition coefficient (Wildman–Crippen LogP) is 1.41. The van der Waals surface area contributed by atoms with Crippen molar-refractivity contribution in [3.63, 3.8) is 0 Å². The highest BCUT2D eigenvalue weighted by Gasteiger charge is 2.09. The Hall–Kier alpha value is -0.960. The fraction of sp³-hybridized carbons (Fsp3) is 0.375. The van der Waals surface area contributed by atoms with Gasteiger partial charge in [-0.25, -0.2) is 4.98 Å². The van der Waals surface area contributed by atoms with Crippen molar-refractivity contribution < 1.29 is 4.74 Å². The molecule has 66 valence electrons. The summed E-state index contributed by atoms with van der Waals surface area (Å²) in [7, 11) is 0. The number of anilines is 1. The van der Waals surface area contributed by atoms with Crippen LogP contribution in [0.25, 0.3) is 0 Å². The van der Waals surface area contributed by atoms with Crippen LogP contribution in [0.2, 0.25) is 0 Å². The monoisotopic (exact) mass is 186 g/mol. The second-order valence-corrected chi connectivity index (χ2v) is 2.67. The molecule has 0 fully saturated rings. The van der Waals surface area contributed by atoms with Crippen LogP contribution in [0.15, 0.2) is 12.3 Å². The molecule has 0 unspecified atom stereocenters. The lowest BCUT2D eigenvalue weighted by molar-refractivity contribution is 0.287. The number of ether oxygens (including phenoxy) is 1. The van der Waals surface area contributed by atoms with Gasteiger partial charge in [0.2, 0.25) is 0 Å². The van der Waals surface area contributed by atoms with E-state index in [-0.39, 0.29) is 12.4 Å². The van der Waals surface area contributed by atoms with Crippen LogP contribution >= 0.6 is 12.4 Å². The number of hydrogen-bond donors (Lipinski definition) is 1. The normalized spacial score (nSPS) is 14.0. The summed E-state index contributed by atoms with van der Waals surface area (Å²) in [6, 6.07) is 1.88. The van der Waals surface area contributed by atoms with Crippen LogP contribution in [0.4, 0.5) is 5.82 Å². The van der Waals surface area contributed by atoms with Gasteiger partial charge in [-0.3, -0.25) is 0 Å². The minimum atomic E-state index is 0. The molecular formula is C8H11ClN2O. The number of hydrogen-bond acceptors (Lipinski definition) is 3. The Kier molecular flexibility index (Phi) is 2.76. The van der Waals surface area contributed by atoms with Crippen molar-refractivity contribution in [1.29, 1.82) is 0 Å². The van der Waals surface area contributed by atoms with Crippen molar-refractivity contribution >= 4 is 18.2 Å². The molecule has 0 atom stereocenters. The van der Waals surface area contributed by atoms with Gasteiger partial charge in [0.25, 0.3) is 0 Å². The first-order valence-corrected chi connectivity index (χ1v) is 3.73. The zero-order valence-electron chi connectivity index (χ0n) is 6.62. The summed E-state index contributed by atoms with van der Waals surface area (Å²) in [6.07, 6.45) is 3.84. The molecule has 0 aromatic carbocycles. The summed E-state index contributed by atoms with van der Waals surface area (Å²) in [6.45, 7) is 0.804. The molecule has 3 nitrogen and oxygen atoms in total. The summed E-state index contributed by atoms with van der Waals surface area (Å²) >= 11 is 0. The van der Waals surface area contributed by atoms with Crippen LogP contribution in [-0.4, -0.2) is 11.6 Å². The van der Waals surface area contributed by atoms with Gasteiger partial charge in [-0.05, 0) is 24.5 Å². The van der Waals surface area contributed by atoms with E-state index in [1.807, 2.05) is 6.07 Å². The zero-order chi connectivity index (χ0) is 7.68. The highest BCUT2D eigenvalue weighted by molar-refractivity contribution is 5.85. The van der Waals surface area contributed by atoms with Crippen molar-refractivity contribution in [2.24, 2.45) is 0 Å². The maximum absolute atomic E-state index is 5.52. The molecule has 2 N–H and O–H groups in total. The van der Waals surface area contributed by atoms with Crippen LogP contribution in [0.5, 0.6) is 5.75 Å². The number of rotatable bonds is 0. The minimum absolute atomic E-state index is 0. The number of aromatic nitrogens is 1. The van der Waals surface area contributed by atoms with Crippen molar-refractivity contribution in [1.82, 2.24) is 4.98 Å². The van der Waals surface area contributed by atoms with Crippen molar-refractivity contribution in [3.05, 3.63) is 17.8 Å². The first-order chi connectivity index (χ1) is 5.36. The summed E-state index contributed by atoms with van der Waals surface area (Å²) in [4.78, 5) is 3.95. The smallest absolute Gasteiger partial charge is 0.140 e. The maximum atomic E-state index is 5.52. The van der Waals surface area contributed by atoms with Crippen LogP contribution in [-0.2, 0) is 6.42 Å². The topological polar surface area (TPSA) is 48.1 Å². The molecule has 12 heavy (non-hydrogen) atoms. The van der Waals surface area contributed by atoms with Gasteiger partial charge < -0.3 is 10.5 Å². The molecule has 1 aromatic heterocycles. The molecule has 0 radical (unpaired) electrons. The molecule has 1 aliphatic rings. The van der Waals surface area contributed by atoms with Gasteiger partial charge in [-0.15, -0.1) is 12.4 Å². The molecule has 1 aromatic rings. The summed E-state index contributed by atoms with van der Waals surface area (Å²) in [5.41, 5.74) is 6.70. The van der Waals surface area contributed by atoms with E-state index in [1.54, 1.807) is 6.20 Å². The molecular weight excluding hydrogens is 176 g/mol. The van der Waals surface area contributed by atoms with Gasteiger partial charge in [-0.1, -0.05) is 0 Å². The average Bonchev–Trinajstić information content (AvgIpc) is 2.04. The highest BCUT2D eigenvalue weighted by atomic mass is 35.5. The molecule has 0 aliphatic carbocycles. The zero-order valence-corrected chi connectivity index (χ0v) is 7.43. The van der Waals surface area contributed by atoms with E-state index < -0.39 is 0 Å². The van der Waals surface area contributed by atoms with Gasteiger partial charge in [0.15, 0.2) is 0 Å². The second-order valence-electron chi connectivity index (χ2n) is 2.67. The molecule has 0 bridgehead atoms. The lowest BCUT2D eigenvalue weighted by Gasteiger charge is -2.16. The SMILES string of the molecule is Cl.Nc1cc2c(cn1)OCCC2. The predicted molar refractivity (Wildman–Crippen MR) is 49.7 cm³/mol. The highest BCUT2D eigenvalue weighted by Crippen LogP contribution is 2.24. The van der Waals surface area contributed by atoms with E-state index in [2.05, 4.69) is 4.98 Å². The minimum Gasteiger partial charge on any atom is -0.492 e. The van der Waals surface area contributed by atoms with E-state index in [4.69, 9.17) is 10.5 Å². The summed E-state index contributed by atoms with van der Waals surface area (Å²) in [5, 5.41) is 0. The Morgan fingerprint density at radius 1 is 1.50 bits per heavy atom. The third-order valence-electron chi connectivity index (χ3n) is 1.82. The number of nitrogen functional groups attached to an aromatic ring is 1. The third kappa shape index (κ3) is 1.61. The molecule has 0 amide bonds. The van der Waals surface area contributed by atoms with E-state index in [0.717, 1.165) is 25.2 Å². The summed E-state index contributed by atoms with van der Waals surface area (Å²) < 4.78 is 5.36. The molecule has 1 aliphatic heterocycles. The van der Waals surface area contributed by atoms with Gasteiger partial charge in [0.1, 0.15) is 11.6 Å². The third-order valence-corrected chi connectivity index (χ3v) is 1.82. The Morgan fingerprint density at radius 2 is 2.33 bits per heavy atom. The van der Waals surface area contributed by atoms with E-state index >= 15 is 0 Å². The number of aryl methyl sites for hydroxylation is 1. The fourth-order valence-corrected chi connectivity index (χ4v) is 1.27. The van der Waals surface area contributed by atoms with Gasteiger partial charge >= 0.3 is 0 Å². The summed E-state index contributed by atoms with van der Waals surface area (Å²) in [5.74, 6) is 1.47. The van der Waals surface area contributed by atoms with E-state index in [9.17, 15) is 0 Å². The van der Waals surface area contributed by atoms with Gasteiger partial charge in [-0.2, -0.15) is 0 Å². The number of nitrogens with zero attached hydrogens (tertiary/aromatic N) is 1. The van der Waals surface area contributed by atoms with Crippen molar-refractivity contribution in [2.75, 3.05) is 12.3 Å². The van der Waals surface area contributed by atoms with Crippen LogP contribution in [0.3, 0.4) is 0 Å². The Labute approximate surface area is 77.3 Å². The first-order valence-electron chi connectivity index (χ1n) is 3.73. The van der Waals surface area contributed by atoms with Crippen LogP contribution in [0, 0.1) is 0 Å². The molecule has 2 heterocycles. The van der Waals surface area contributed by atoms with Crippen molar-refractivity contribution in [3.8, 4) is 5.75 Å². The molecule has 2 rings (SSSR count). The number of pyridine rings is 1. The first kappa shape index (κ1) is 9.13. The second kappa shape index (κ2) is 3.63. The van der Waals surface area contributed by atoms with Gasteiger partial charge in [0.05, 0.1) is 12.8 Å². The van der Waals surface area contributed by atoms with E-state index in [0.29, 0.717) is 5.82 Å². The Bertz CT molecular complexity index is 278. The number of nitrogens with two attached hydrogens (primary N) is 1. The standard InChI is InChI=1S/C8H10N2O.ClH/c9-8-4-6-2-1-3-11-7(6)5-10-8;/h4-5H,1-3H2,(H2,9,10);1H. The van der Waals surface area contributed by atoms with Crippen LogP contribution in [0.1, 0.15) is 12.0 Å². The van der Waals surface area contributed by atoms with Gasteiger partial charge in [0, 0.05) is 0 Å². The average molecular weight is 187 g/mol. The Balaban J connectivity index is 0.000000720. The van der Waals surface area contributed by atoms with Crippen molar-refractivity contribution in [2.45, 2.75) is 12.8 Å². The molecule has 0 saturated carbocycles. The quantitative estimate of drug-likeness (QED) is 0.667. The number of fused-ring (bicyclic) bond motifs is 1. The maximum Gasteiger partial charge on any atom is 0.140 e. The Morgan fingerprint density at radius 3 is 3.17 bits per heavy atom. The lowest BCUT2D eigenvalue weighted by Crippen LogP contribution is -2.09. The fourth-order valence-electron chi connectivity index (χ4n) is 1.27. The van der Waals surface area contributed by atoms with E-state index in [1.165, 1.54) is 5.56 Å². The largest absolute Gasteiger partial charge is 0.492 e. The lowest BCUT2D eigenvalue weighted by atomic mass is 10.1. The van der Waals surface area contributed by atoms with Crippen LogP contribution < -0.4 is 10.5 Å². The molecule has 0 spiro atoms. The molecule has 0 saturated heterocycles. The molecule has 4 heteroatoms.